The van der Waals surface area contributed by atoms with E-state index < -0.39 is 67.2 Å². The molecule has 0 aromatic carbocycles. The molecule has 36 heavy (non-hydrogen) atoms. The minimum Gasteiger partial charge on any atom is -0.478 e. The van der Waals surface area contributed by atoms with Crippen molar-refractivity contribution in [1.82, 2.24) is 0 Å². The van der Waals surface area contributed by atoms with Gasteiger partial charge in [0, 0.05) is 23.0 Å². The van der Waals surface area contributed by atoms with Crippen LogP contribution in [0, 0.1) is 17.8 Å². The number of esters is 1. The number of carbonyl (C=O) groups excluding carboxylic acids is 2. The van der Waals surface area contributed by atoms with Crippen LogP contribution >= 0.6 is 0 Å². The number of ether oxygens (including phenoxy) is 3. The summed E-state index contributed by atoms with van der Waals surface area (Å²) in [6, 6.07) is 0. The Labute approximate surface area is 208 Å². The SMILES string of the molecule is C=C(C)C(=O)O[C@H]1C[C@H](C)[C@@H]2C(=O)C=C(CO[C@@H]3O[C@H](CO)[C@@H](O)[C@H](O)[C@H]3O)C2=C[C@@H]1C(=C)C(=O)O. The molecule has 1 heterocycles. The van der Waals surface area contributed by atoms with Gasteiger partial charge in [-0.3, -0.25) is 4.79 Å². The maximum absolute atomic E-state index is 12.9. The summed E-state index contributed by atoms with van der Waals surface area (Å²) in [5.74, 6) is -4.13. The van der Waals surface area contributed by atoms with E-state index in [4.69, 9.17) is 14.2 Å². The van der Waals surface area contributed by atoms with Crippen molar-refractivity contribution in [1.29, 1.82) is 0 Å². The molecule has 0 radical (unpaired) electrons. The van der Waals surface area contributed by atoms with Crippen LogP contribution in [-0.4, -0.2) is 93.3 Å². The molecule has 0 aromatic rings. The molecule has 11 nitrogen and oxygen atoms in total. The van der Waals surface area contributed by atoms with Crippen molar-refractivity contribution in [2.75, 3.05) is 13.2 Å². The summed E-state index contributed by atoms with van der Waals surface area (Å²) in [4.78, 5) is 36.9. The highest BCUT2D eigenvalue weighted by Crippen LogP contribution is 2.43. The van der Waals surface area contributed by atoms with Crippen LogP contribution in [0.2, 0.25) is 0 Å². The Kier molecular flexibility index (Phi) is 8.65. The van der Waals surface area contributed by atoms with E-state index in [2.05, 4.69) is 13.2 Å². The molecule has 0 unspecified atom stereocenters. The van der Waals surface area contributed by atoms with Gasteiger partial charge in [-0.05, 0) is 36.5 Å². The highest BCUT2D eigenvalue weighted by atomic mass is 16.7. The van der Waals surface area contributed by atoms with E-state index in [0.29, 0.717) is 11.1 Å². The summed E-state index contributed by atoms with van der Waals surface area (Å²) in [5, 5.41) is 49.1. The molecule has 5 N–H and O–H groups in total. The Morgan fingerprint density at radius 3 is 2.42 bits per heavy atom. The monoisotopic (exact) mass is 508 g/mol. The van der Waals surface area contributed by atoms with Gasteiger partial charge in [0.15, 0.2) is 12.1 Å². The third-order valence-corrected chi connectivity index (χ3v) is 6.80. The molecule has 0 saturated carbocycles. The fraction of sp³-hybridized carbons (Fsp3) is 0.560. The Morgan fingerprint density at radius 2 is 1.83 bits per heavy atom. The lowest BCUT2D eigenvalue weighted by Gasteiger charge is -2.39. The molecular weight excluding hydrogens is 476 g/mol. The average molecular weight is 509 g/mol. The number of carboxylic acids is 1. The number of allylic oxidation sites excluding steroid dienone is 1. The number of aliphatic carboxylic acids is 1. The smallest absolute Gasteiger partial charge is 0.333 e. The van der Waals surface area contributed by atoms with Gasteiger partial charge in [-0.2, -0.15) is 0 Å². The molecule has 1 fully saturated rings. The summed E-state index contributed by atoms with van der Waals surface area (Å²) in [6.07, 6.45) is -5.16. The molecule has 3 rings (SSSR count). The van der Waals surface area contributed by atoms with Crippen LogP contribution < -0.4 is 0 Å². The fourth-order valence-electron chi connectivity index (χ4n) is 4.77. The number of fused-ring (bicyclic) bond motifs is 1. The predicted octanol–water partition coefficient (Wildman–Crippen LogP) is -0.361. The molecule has 1 saturated heterocycles. The van der Waals surface area contributed by atoms with Crippen molar-refractivity contribution in [3.05, 3.63) is 47.6 Å². The lowest BCUT2D eigenvalue weighted by atomic mass is 9.85. The van der Waals surface area contributed by atoms with Gasteiger partial charge in [0.05, 0.1) is 13.2 Å². The van der Waals surface area contributed by atoms with Crippen molar-refractivity contribution >= 4 is 17.7 Å². The summed E-state index contributed by atoms with van der Waals surface area (Å²) in [6.45, 7) is 9.58. The van der Waals surface area contributed by atoms with E-state index in [-0.39, 0.29) is 35.9 Å². The number of aliphatic hydroxyl groups is 4. The van der Waals surface area contributed by atoms with Gasteiger partial charge in [0.25, 0.3) is 0 Å². The van der Waals surface area contributed by atoms with Crippen molar-refractivity contribution < 1.29 is 54.1 Å². The van der Waals surface area contributed by atoms with E-state index in [0.717, 1.165) is 0 Å². The van der Waals surface area contributed by atoms with Crippen molar-refractivity contribution in [2.24, 2.45) is 17.8 Å². The van der Waals surface area contributed by atoms with Crippen molar-refractivity contribution in [3.8, 4) is 0 Å². The molecule has 2 aliphatic carbocycles. The second-order valence-corrected chi connectivity index (χ2v) is 9.47. The quantitative estimate of drug-likeness (QED) is 0.213. The Hall–Kier alpha value is -2.67. The summed E-state index contributed by atoms with van der Waals surface area (Å²) in [5.41, 5.74) is 0.801. The highest BCUT2D eigenvalue weighted by Gasteiger charge is 2.46. The van der Waals surface area contributed by atoms with Crippen LogP contribution in [0.5, 0.6) is 0 Å². The number of hydrogen-bond acceptors (Lipinski definition) is 10. The Morgan fingerprint density at radius 1 is 1.17 bits per heavy atom. The molecule has 198 valence electrons. The van der Waals surface area contributed by atoms with Crippen molar-refractivity contribution in [3.63, 3.8) is 0 Å². The zero-order valence-electron chi connectivity index (χ0n) is 20.1. The first kappa shape index (κ1) is 27.9. The average Bonchev–Trinajstić information content (AvgIpc) is 3.05. The van der Waals surface area contributed by atoms with E-state index in [1.165, 1.54) is 13.0 Å². The lowest BCUT2D eigenvalue weighted by Crippen LogP contribution is -2.59. The van der Waals surface area contributed by atoms with Crippen LogP contribution in [0.25, 0.3) is 0 Å². The predicted molar refractivity (Wildman–Crippen MR) is 123 cm³/mol. The maximum Gasteiger partial charge on any atom is 0.333 e. The van der Waals surface area contributed by atoms with Crippen molar-refractivity contribution in [2.45, 2.75) is 57.1 Å². The number of aliphatic hydroxyl groups excluding tert-OH is 4. The van der Waals surface area contributed by atoms with Crippen LogP contribution in [-0.2, 0) is 28.6 Å². The zero-order chi connectivity index (χ0) is 26.9. The maximum atomic E-state index is 12.9. The first-order valence-corrected chi connectivity index (χ1v) is 11.5. The van der Waals surface area contributed by atoms with E-state index in [9.17, 15) is 39.9 Å². The molecule has 0 aromatic heterocycles. The summed E-state index contributed by atoms with van der Waals surface area (Å²) >= 11 is 0. The van der Waals surface area contributed by atoms with Gasteiger partial charge >= 0.3 is 11.9 Å². The van der Waals surface area contributed by atoms with E-state index in [1.807, 2.05) is 0 Å². The van der Waals surface area contributed by atoms with Gasteiger partial charge < -0.3 is 39.7 Å². The standard InChI is InChI=1S/C25H32O11/c1-10(2)24(33)35-17-5-11(3)19-15(7-14(17)12(4)23(31)32)13(6-16(19)27)9-34-25-22(30)21(29)20(28)18(8-26)36-25/h6-7,11,14,17-22,25-26,28-30H,1,4-5,8-9H2,2-3H3,(H,31,32)/t11-,14+,17-,18+,19-,20+,21-,22+,25+/m0/s1. The van der Waals surface area contributed by atoms with Gasteiger partial charge in [0.2, 0.25) is 0 Å². The van der Waals surface area contributed by atoms with Crippen LogP contribution in [0.1, 0.15) is 20.3 Å². The van der Waals surface area contributed by atoms with Crippen LogP contribution in [0.3, 0.4) is 0 Å². The van der Waals surface area contributed by atoms with Crippen LogP contribution in [0.15, 0.2) is 47.6 Å². The van der Waals surface area contributed by atoms with Gasteiger partial charge in [-0.1, -0.05) is 26.2 Å². The largest absolute Gasteiger partial charge is 0.478 e. The first-order valence-electron chi connectivity index (χ1n) is 11.5. The molecule has 0 spiro atoms. The number of rotatable bonds is 8. The van der Waals surface area contributed by atoms with Crippen LogP contribution in [0.4, 0.5) is 0 Å². The molecule has 0 amide bonds. The third-order valence-electron chi connectivity index (χ3n) is 6.80. The minimum absolute atomic E-state index is 0.143. The molecule has 3 aliphatic rings. The third kappa shape index (κ3) is 5.51. The molecule has 9 atom stereocenters. The van der Waals surface area contributed by atoms with Gasteiger partial charge in [0.1, 0.15) is 30.5 Å². The molecule has 11 heteroatoms. The normalized spacial score (nSPS) is 36.3. The molecular formula is C25H32O11. The number of ketones is 1. The molecule has 0 bridgehead atoms. The second-order valence-electron chi connectivity index (χ2n) is 9.47. The van der Waals surface area contributed by atoms with E-state index >= 15 is 0 Å². The summed E-state index contributed by atoms with van der Waals surface area (Å²) in [7, 11) is 0. The Balaban J connectivity index is 1.89. The molecule has 1 aliphatic heterocycles. The first-order chi connectivity index (χ1) is 16.9. The fourth-order valence-corrected chi connectivity index (χ4v) is 4.77. The van der Waals surface area contributed by atoms with Gasteiger partial charge in [-0.25, -0.2) is 9.59 Å². The number of carboxylic acid groups (broad SMARTS) is 1. The summed E-state index contributed by atoms with van der Waals surface area (Å²) < 4.78 is 16.5. The van der Waals surface area contributed by atoms with E-state index in [1.54, 1.807) is 13.0 Å². The highest BCUT2D eigenvalue weighted by molar-refractivity contribution is 6.00. The zero-order valence-corrected chi connectivity index (χ0v) is 20.1. The second kappa shape index (κ2) is 11.2. The number of carbonyl (C=O) groups is 3. The number of hydrogen-bond donors (Lipinski definition) is 5. The minimum atomic E-state index is -1.63. The van der Waals surface area contributed by atoms with Gasteiger partial charge in [-0.15, -0.1) is 0 Å². The lowest BCUT2D eigenvalue weighted by molar-refractivity contribution is -0.298. The topological polar surface area (TPSA) is 180 Å². The Bertz CT molecular complexity index is 994.